The monoisotopic (exact) mass is 1530 g/mol. The minimum Gasteiger partial charge on any atom is -0.462 e. The molecular weight excluding hydrogens is 1380 g/mol. The van der Waals surface area contributed by atoms with Gasteiger partial charge in [-0.15, -0.1) is 0 Å². The molecule has 0 fully saturated rings. The summed E-state index contributed by atoms with van der Waals surface area (Å²) in [6, 6.07) is 0. The minimum atomic E-state index is -5.02. The highest BCUT2D eigenvalue weighted by Gasteiger charge is 2.30. The Hall–Kier alpha value is -5.06. The molecule has 0 saturated carbocycles. The lowest BCUT2D eigenvalue weighted by Gasteiger charge is -2.21. The van der Waals surface area contributed by atoms with Gasteiger partial charge < -0.3 is 33.8 Å². The van der Waals surface area contributed by atoms with Crippen LogP contribution >= 0.6 is 15.6 Å². The molecule has 0 bridgehead atoms. The Labute approximate surface area is 643 Å². The first-order chi connectivity index (χ1) is 51.7. The first kappa shape index (κ1) is 101. The van der Waals surface area contributed by atoms with Crippen LogP contribution in [0.3, 0.4) is 0 Å². The number of ether oxygens (including phenoxy) is 4. The quantitative estimate of drug-likeness (QED) is 0.0169. The highest BCUT2D eigenvalue weighted by molar-refractivity contribution is 7.47. The Morgan fingerprint density at radius 1 is 0.274 bits per heavy atom. The normalized spacial score (nSPS) is 14.6. The van der Waals surface area contributed by atoms with Gasteiger partial charge in [-0.1, -0.05) is 340 Å². The molecule has 0 aliphatic carbocycles. The molecule has 17 nitrogen and oxygen atoms in total. The van der Waals surface area contributed by atoms with E-state index in [1.165, 1.54) is 122 Å². The number of phosphoric ester groups is 2. The summed E-state index contributed by atoms with van der Waals surface area (Å²) in [5.74, 6) is -2.36. The van der Waals surface area contributed by atoms with Crippen LogP contribution in [0.4, 0.5) is 0 Å². The molecule has 0 radical (unpaired) electrons. The van der Waals surface area contributed by atoms with E-state index < -0.39 is 97.5 Å². The highest BCUT2D eigenvalue weighted by atomic mass is 31.2. The number of aliphatic hydroxyl groups is 1. The second kappa shape index (κ2) is 78.1. The zero-order chi connectivity index (χ0) is 77.4. The van der Waals surface area contributed by atoms with E-state index in [0.29, 0.717) is 38.5 Å². The topological polar surface area (TPSA) is 237 Å². The number of unbranched alkanes of at least 4 members (excludes halogenated alkanes) is 26. The van der Waals surface area contributed by atoms with E-state index in [9.17, 15) is 43.2 Å². The van der Waals surface area contributed by atoms with E-state index in [-0.39, 0.29) is 25.7 Å². The number of phosphoric acid groups is 2. The van der Waals surface area contributed by atoms with Crippen molar-refractivity contribution in [1.82, 2.24) is 0 Å². The molecule has 0 spiro atoms. The van der Waals surface area contributed by atoms with Crippen LogP contribution in [-0.4, -0.2) is 96.7 Å². The lowest BCUT2D eigenvalue weighted by molar-refractivity contribution is -0.161. The first-order valence-corrected chi connectivity index (χ1v) is 44.1. The summed E-state index contributed by atoms with van der Waals surface area (Å²) in [6.45, 7) is 4.51. The highest BCUT2D eigenvalue weighted by Crippen LogP contribution is 2.45. The molecular formula is C87H146O17P2. The molecule has 606 valence electrons. The van der Waals surface area contributed by atoms with Crippen molar-refractivity contribution in [1.29, 1.82) is 0 Å². The van der Waals surface area contributed by atoms with Crippen molar-refractivity contribution >= 4 is 39.5 Å². The fourth-order valence-electron chi connectivity index (χ4n) is 10.7. The van der Waals surface area contributed by atoms with E-state index in [1.54, 1.807) is 0 Å². The van der Waals surface area contributed by atoms with E-state index in [4.69, 9.17) is 37.0 Å². The molecule has 0 aliphatic heterocycles. The van der Waals surface area contributed by atoms with Crippen molar-refractivity contribution < 1.29 is 80.2 Å². The van der Waals surface area contributed by atoms with E-state index in [0.717, 1.165) is 109 Å². The van der Waals surface area contributed by atoms with Crippen molar-refractivity contribution in [2.45, 2.75) is 341 Å². The van der Waals surface area contributed by atoms with Crippen LogP contribution in [0, 0.1) is 0 Å². The molecule has 3 N–H and O–H groups in total. The van der Waals surface area contributed by atoms with Crippen molar-refractivity contribution in [3.63, 3.8) is 0 Å². The van der Waals surface area contributed by atoms with Crippen molar-refractivity contribution in [3.05, 3.63) is 146 Å². The summed E-state index contributed by atoms with van der Waals surface area (Å²) in [5.41, 5.74) is 0. The summed E-state index contributed by atoms with van der Waals surface area (Å²) in [6.07, 6.45) is 90.0. The third-order valence-electron chi connectivity index (χ3n) is 16.9. The van der Waals surface area contributed by atoms with Crippen LogP contribution in [0.25, 0.3) is 0 Å². The van der Waals surface area contributed by atoms with Gasteiger partial charge in [-0.25, -0.2) is 9.13 Å². The summed E-state index contributed by atoms with van der Waals surface area (Å²) >= 11 is 0. The molecule has 19 heteroatoms. The van der Waals surface area contributed by atoms with Crippen LogP contribution in [0.5, 0.6) is 0 Å². The van der Waals surface area contributed by atoms with E-state index in [2.05, 4.69) is 137 Å². The standard InChI is InChI=1S/C87H146O17P2/c1-5-9-13-17-21-25-29-33-36-38-40-42-45-48-52-56-60-64-68-72-85(90)98-78-83(104-87(92)74-70-66-62-58-54-50-46-43-41-39-37-34-30-26-22-18-14-10-6-2)80-102-106(95,96)100-76-81(88)75-99-105(93,94)101-79-82(77-97-84(89)71-67-63-59-55-51-47-32-28-24-20-16-12-8-4)103-86(91)73-69-65-61-57-53-49-44-35-31-27-23-19-15-11-7-3/h9-10,13-14,21-22,25-26,33-34,36-37,40-43,48,50,52,54,60,62,64,66,81-83,88H,5-8,11-12,15-20,23-24,27-32,35,38-39,44-47,49,51,53,55-59,61,63,65,67-80H2,1-4H3,(H,93,94)(H,95,96)/b13-9-,14-10-,25-21-,26-22-,36-33-,37-34-,42-40-,43-41-,52-48-,54-50-,64-60-,66-62-/t81-,82+,83+/m0/s1. The molecule has 2 unspecified atom stereocenters. The molecule has 106 heavy (non-hydrogen) atoms. The van der Waals surface area contributed by atoms with Crippen molar-refractivity contribution in [3.8, 4) is 0 Å². The molecule has 5 atom stereocenters. The number of allylic oxidation sites excluding steroid dienone is 24. The minimum absolute atomic E-state index is 0.0163. The Morgan fingerprint density at radius 2 is 0.491 bits per heavy atom. The summed E-state index contributed by atoms with van der Waals surface area (Å²) in [4.78, 5) is 73.0. The molecule has 0 aromatic rings. The van der Waals surface area contributed by atoms with Gasteiger partial charge in [0.2, 0.25) is 0 Å². The lowest BCUT2D eigenvalue weighted by Crippen LogP contribution is -2.30. The molecule has 0 saturated heterocycles. The fraction of sp³-hybridized carbons (Fsp3) is 0.678. The number of aliphatic hydroxyl groups excluding tert-OH is 1. The Balaban J connectivity index is 5.50. The number of hydrogen-bond acceptors (Lipinski definition) is 15. The van der Waals surface area contributed by atoms with Gasteiger partial charge in [0.25, 0.3) is 0 Å². The van der Waals surface area contributed by atoms with Crippen LogP contribution in [0.1, 0.15) is 323 Å². The molecule has 0 aliphatic rings. The van der Waals surface area contributed by atoms with Crippen LogP contribution < -0.4 is 0 Å². The van der Waals surface area contributed by atoms with E-state index in [1.807, 2.05) is 36.5 Å². The fourth-order valence-corrected chi connectivity index (χ4v) is 12.3. The second-order valence-corrected chi connectivity index (χ2v) is 29.9. The number of esters is 4. The maximum atomic E-state index is 13.1. The Morgan fingerprint density at radius 3 is 0.774 bits per heavy atom. The molecule has 0 amide bonds. The Bertz CT molecular complexity index is 2580. The zero-order valence-electron chi connectivity index (χ0n) is 66.3. The van der Waals surface area contributed by atoms with Gasteiger partial charge in [-0.3, -0.25) is 37.3 Å². The van der Waals surface area contributed by atoms with Crippen molar-refractivity contribution in [2.24, 2.45) is 0 Å². The largest absolute Gasteiger partial charge is 0.472 e. The third-order valence-corrected chi connectivity index (χ3v) is 18.8. The zero-order valence-corrected chi connectivity index (χ0v) is 68.1. The maximum absolute atomic E-state index is 13.1. The second-order valence-electron chi connectivity index (χ2n) is 27.0. The SMILES string of the molecule is CC/C=C\C/C=C\C/C=C\C/C=C\C/C=C\C/C=C\CCC(=O)OC[C@H](COP(=O)(O)OC[C@@H](O)COP(=O)(O)OC[C@@H](COC(=O)CCCCCCCCCCCCCCC)OC(=O)CCCCCCCCCCCCCCCCC)OC(=O)CC/C=C\C/C=C\C/C=C\C/C=C\C/C=C\C/C=C\CC. The average molecular weight is 1530 g/mol. The average Bonchev–Trinajstić information content (AvgIpc) is 0.903. The number of carbonyl (C=O) groups is 4. The van der Waals surface area contributed by atoms with Gasteiger partial charge in [0.15, 0.2) is 12.2 Å². The van der Waals surface area contributed by atoms with Crippen LogP contribution in [0.2, 0.25) is 0 Å². The Kier molecular flexibility index (Phi) is 74.3. The lowest BCUT2D eigenvalue weighted by atomic mass is 10.0. The molecule has 0 rings (SSSR count). The van der Waals surface area contributed by atoms with E-state index >= 15 is 0 Å². The van der Waals surface area contributed by atoms with Gasteiger partial charge in [0.05, 0.1) is 26.4 Å². The van der Waals surface area contributed by atoms with Crippen LogP contribution in [0.15, 0.2) is 146 Å². The van der Waals surface area contributed by atoms with Crippen LogP contribution in [-0.2, 0) is 65.4 Å². The first-order valence-electron chi connectivity index (χ1n) is 41.1. The number of rotatable bonds is 76. The number of carbonyl (C=O) groups excluding carboxylic acids is 4. The maximum Gasteiger partial charge on any atom is 0.472 e. The number of hydrogen-bond donors (Lipinski definition) is 3. The molecule has 0 heterocycles. The van der Waals surface area contributed by atoms with Gasteiger partial charge in [-0.2, -0.15) is 0 Å². The summed E-state index contributed by atoms with van der Waals surface area (Å²) in [5, 5.41) is 10.6. The summed E-state index contributed by atoms with van der Waals surface area (Å²) < 4.78 is 68.5. The van der Waals surface area contributed by atoms with Crippen molar-refractivity contribution in [2.75, 3.05) is 39.6 Å². The smallest absolute Gasteiger partial charge is 0.462 e. The predicted molar refractivity (Wildman–Crippen MR) is 436 cm³/mol. The molecule has 0 aromatic carbocycles. The third kappa shape index (κ3) is 77.1. The van der Waals surface area contributed by atoms with Gasteiger partial charge >= 0.3 is 39.5 Å². The van der Waals surface area contributed by atoms with Gasteiger partial charge in [-0.05, 0) is 103 Å². The molecule has 0 aromatic heterocycles. The predicted octanol–water partition coefficient (Wildman–Crippen LogP) is 24.2. The summed E-state index contributed by atoms with van der Waals surface area (Å²) in [7, 11) is -10.0. The van der Waals surface area contributed by atoms with Gasteiger partial charge in [0, 0.05) is 25.7 Å². The van der Waals surface area contributed by atoms with Gasteiger partial charge in [0.1, 0.15) is 19.3 Å².